The molecular formula is C15H16F2N2O4. The molecule has 1 aromatic carbocycles. The number of aliphatic carboxylic acids is 1. The molecule has 6 nitrogen and oxygen atoms in total. The van der Waals surface area contributed by atoms with E-state index < -0.39 is 42.4 Å². The van der Waals surface area contributed by atoms with Crippen LogP contribution in [-0.4, -0.2) is 47.6 Å². The van der Waals surface area contributed by atoms with E-state index in [9.17, 15) is 23.2 Å². The van der Waals surface area contributed by atoms with Crippen LogP contribution in [0.3, 0.4) is 0 Å². The van der Waals surface area contributed by atoms with Crippen molar-refractivity contribution in [2.24, 2.45) is 5.92 Å². The van der Waals surface area contributed by atoms with E-state index in [1.54, 1.807) is 0 Å². The molecule has 0 aromatic heterocycles. The van der Waals surface area contributed by atoms with Crippen molar-refractivity contribution < 1.29 is 28.3 Å². The molecule has 23 heavy (non-hydrogen) atoms. The second-order valence-corrected chi connectivity index (χ2v) is 5.37. The van der Waals surface area contributed by atoms with Crippen LogP contribution >= 0.6 is 0 Å². The zero-order valence-corrected chi connectivity index (χ0v) is 12.3. The van der Waals surface area contributed by atoms with Gasteiger partial charge >= 0.3 is 5.97 Å². The first-order valence-electron chi connectivity index (χ1n) is 6.95. The summed E-state index contributed by atoms with van der Waals surface area (Å²) in [7, 11) is 1.51. The highest BCUT2D eigenvalue weighted by Crippen LogP contribution is 2.37. The minimum atomic E-state index is -1.66. The van der Waals surface area contributed by atoms with E-state index in [0.717, 1.165) is 0 Å². The van der Waals surface area contributed by atoms with Gasteiger partial charge in [0.15, 0.2) is 6.04 Å². The molecule has 1 heterocycles. The van der Waals surface area contributed by atoms with Crippen LogP contribution in [0.25, 0.3) is 0 Å². The average Bonchev–Trinajstić information content (AvgIpc) is 2.81. The van der Waals surface area contributed by atoms with Gasteiger partial charge in [-0.1, -0.05) is 12.1 Å². The molecule has 3 unspecified atom stereocenters. The minimum Gasteiger partial charge on any atom is -0.480 e. The molecular weight excluding hydrogens is 310 g/mol. The Hall–Kier alpha value is -2.51. The Bertz CT molecular complexity index is 620. The third-order valence-electron chi connectivity index (χ3n) is 3.90. The molecule has 0 bridgehead atoms. The molecule has 1 aromatic rings. The molecule has 3 atom stereocenters. The first-order valence-corrected chi connectivity index (χ1v) is 6.95. The molecule has 1 saturated heterocycles. The quantitative estimate of drug-likeness (QED) is 0.841. The van der Waals surface area contributed by atoms with Crippen LogP contribution in [-0.2, 0) is 14.4 Å². The Labute approximate surface area is 131 Å². The van der Waals surface area contributed by atoms with E-state index in [1.807, 2.05) is 0 Å². The van der Waals surface area contributed by atoms with Crippen LogP contribution in [0.2, 0.25) is 0 Å². The number of hydrogen-bond acceptors (Lipinski definition) is 3. The first kappa shape index (κ1) is 16.9. The maximum atomic E-state index is 13.0. The van der Waals surface area contributed by atoms with Gasteiger partial charge in [-0.05, 0) is 17.7 Å². The average molecular weight is 326 g/mol. The van der Waals surface area contributed by atoms with Crippen LogP contribution in [0.5, 0.6) is 0 Å². The molecule has 0 radical (unpaired) electrons. The number of alkyl halides is 1. The number of carboxylic acids is 1. The molecule has 1 aliphatic heterocycles. The summed E-state index contributed by atoms with van der Waals surface area (Å²) in [6.45, 7) is -1.25. The summed E-state index contributed by atoms with van der Waals surface area (Å²) in [4.78, 5) is 36.4. The van der Waals surface area contributed by atoms with Gasteiger partial charge in [0.25, 0.3) is 0 Å². The van der Waals surface area contributed by atoms with Crippen LogP contribution < -0.4 is 5.32 Å². The Balaban J connectivity index is 2.24. The molecule has 1 aliphatic rings. The predicted molar refractivity (Wildman–Crippen MR) is 75.6 cm³/mol. The number of carbonyl (C=O) groups excluding carboxylic acids is 2. The Morgan fingerprint density at radius 1 is 1.39 bits per heavy atom. The largest absolute Gasteiger partial charge is 0.480 e. The van der Waals surface area contributed by atoms with Crippen molar-refractivity contribution >= 4 is 17.8 Å². The summed E-state index contributed by atoms with van der Waals surface area (Å²) in [5, 5.41) is 10.9. The molecule has 2 rings (SSSR count). The number of rotatable bonds is 5. The van der Waals surface area contributed by atoms with E-state index in [-0.39, 0.29) is 12.3 Å². The number of carbonyl (C=O) groups is 3. The predicted octanol–water partition coefficient (Wildman–Crippen LogP) is 0.884. The first-order chi connectivity index (χ1) is 10.8. The number of carboxylic acid groups (broad SMARTS) is 1. The summed E-state index contributed by atoms with van der Waals surface area (Å²) in [6.07, 6.45) is -0.122. The zero-order chi connectivity index (χ0) is 17.1. The lowest BCUT2D eigenvalue weighted by Gasteiger charge is -2.25. The number of benzene rings is 1. The molecule has 0 saturated carbocycles. The number of halogens is 2. The van der Waals surface area contributed by atoms with E-state index in [1.165, 1.54) is 36.2 Å². The van der Waals surface area contributed by atoms with Crippen LogP contribution in [0.4, 0.5) is 8.78 Å². The van der Waals surface area contributed by atoms with Gasteiger partial charge in [0.1, 0.15) is 12.5 Å². The van der Waals surface area contributed by atoms with Crippen LogP contribution in [0, 0.1) is 11.7 Å². The number of amides is 2. The summed E-state index contributed by atoms with van der Waals surface area (Å²) < 4.78 is 25.7. The number of nitrogens with zero attached hydrogens (tertiary/aromatic N) is 1. The van der Waals surface area contributed by atoms with Crippen molar-refractivity contribution in [2.75, 3.05) is 13.7 Å². The van der Waals surface area contributed by atoms with Crippen molar-refractivity contribution in [1.82, 2.24) is 10.2 Å². The topological polar surface area (TPSA) is 86.7 Å². The van der Waals surface area contributed by atoms with E-state index >= 15 is 0 Å². The Morgan fingerprint density at radius 2 is 2.00 bits per heavy atom. The lowest BCUT2D eigenvalue weighted by atomic mass is 9.92. The van der Waals surface area contributed by atoms with E-state index in [2.05, 4.69) is 5.32 Å². The number of nitrogens with one attached hydrogen (secondary N) is 1. The van der Waals surface area contributed by atoms with E-state index in [4.69, 9.17) is 5.11 Å². The Morgan fingerprint density at radius 3 is 2.52 bits per heavy atom. The fourth-order valence-electron chi connectivity index (χ4n) is 2.67. The van der Waals surface area contributed by atoms with E-state index in [0.29, 0.717) is 5.56 Å². The van der Waals surface area contributed by atoms with Crippen LogP contribution in [0.1, 0.15) is 18.0 Å². The van der Waals surface area contributed by atoms with Gasteiger partial charge < -0.3 is 15.3 Å². The fourth-order valence-corrected chi connectivity index (χ4v) is 2.67. The fraction of sp³-hybridized carbons (Fsp3) is 0.400. The van der Waals surface area contributed by atoms with Gasteiger partial charge in [-0.25, -0.2) is 13.6 Å². The van der Waals surface area contributed by atoms with Gasteiger partial charge in [-0.3, -0.25) is 9.59 Å². The summed E-state index contributed by atoms with van der Waals surface area (Å²) in [5.41, 5.74) is 0.548. The van der Waals surface area contributed by atoms with Crippen molar-refractivity contribution in [1.29, 1.82) is 0 Å². The molecule has 2 amide bonds. The lowest BCUT2D eigenvalue weighted by molar-refractivity contribution is -0.143. The number of likely N-dealkylation sites (tertiary alicyclic amines) is 1. The third-order valence-corrected chi connectivity index (χ3v) is 3.90. The standard InChI is InChI=1S/C15H16F2N2O4/c1-19-12(20)6-10(14(21)18-11(7-16)15(22)23)13(19)8-2-4-9(17)5-3-8/h2-5,10-11,13H,6-7H2,1H3,(H,18,21)(H,22,23). The molecule has 8 heteroatoms. The normalized spacial score (nSPS) is 22.0. The van der Waals surface area contributed by atoms with Gasteiger partial charge in [0, 0.05) is 13.5 Å². The SMILES string of the molecule is CN1C(=O)CC(C(=O)NC(CF)C(=O)O)C1c1ccc(F)cc1. The monoisotopic (exact) mass is 326 g/mol. The second kappa shape index (κ2) is 6.72. The molecule has 124 valence electrons. The van der Waals surface area contributed by atoms with Crippen molar-refractivity contribution in [3.8, 4) is 0 Å². The smallest absolute Gasteiger partial charge is 0.328 e. The molecule has 1 fully saturated rings. The highest BCUT2D eigenvalue weighted by Gasteiger charge is 2.43. The van der Waals surface area contributed by atoms with Gasteiger partial charge in [-0.2, -0.15) is 0 Å². The minimum absolute atomic E-state index is 0.122. The highest BCUT2D eigenvalue weighted by molar-refractivity contribution is 5.92. The maximum Gasteiger partial charge on any atom is 0.328 e. The zero-order valence-electron chi connectivity index (χ0n) is 12.3. The van der Waals surface area contributed by atoms with Crippen molar-refractivity contribution in [3.05, 3.63) is 35.6 Å². The van der Waals surface area contributed by atoms with Crippen molar-refractivity contribution in [2.45, 2.75) is 18.5 Å². The molecule has 2 N–H and O–H groups in total. The lowest BCUT2D eigenvalue weighted by Crippen LogP contribution is -2.46. The van der Waals surface area contributed by atoms with Gasteiger partial charge in [-0.15, -0.1) is 0 Å². The highest BCUT2D eigenvalue weighted by atomic mass is 19.1. The van der Waals surface area contributed by atoms with Gasteiger partial charge in [0.2, 0.25) is 11.8 Å². The molecule has 0 aliphatic carbocycles. The third kappa shape index (κ3) is 3.46. The van der Waals surface area contributed by atoms with Crippen LogP contribution in [0.15, 0.2) is 24.3 Å². The van der Waals surface area contributed by atoms with Gasteiger partial charge in [0.05, 0.1) is 12.0 Å². The summed E-state index contributed by atoms with van der Waals surface area (Å²) in [6, 6.07) is 3.03. The Kier molecular flexibility index (Phi) is 4.92. The summed E-state index contributed by atoms with van der Waals surface area (Å²) >= 11 is 0. The summed E-state index contributed by atoms with van der Waals surface area (Å²) in [5.74, 6) is -3.83. The van der Waals surface area contributed by atoms with Crippen molar-refractivity contribution in [3.63, 3.8) is 0 Å². The second-order valence-electron chi connectivity index (χ2n) is 5.37. The molecule has 0 spiro atoms. The number of hydrogen-bond donors (Lipinski definition) is 2. The maximum absolute atomic E-state index is 13.0.